The van der Waals surface area contributed by atoms with Crippen molar-refractivity contribution >= 4 is 28.2 Å². The molecule has 0 radical (unpaired) electrons. The van der Waals surface area contributed by atoms with Crippen LogP contribution in [0.5, 0.6) is 5.75 Å². The highest BCUT2D eigenvalue weighted by Crippen LogP contribution is 2.21. The zero-order chi connectivity index (χ0) is 16.6. The summed E-state index contributed by atoms with van der Waals surface area (Å²) in [5, 5.41) is 6.94. The Hall–Kier alpha value is -2.41. The lowest BCUT2D eigenvalue weighted by atomic mass is 10.1. The van der Waals surface area contributed by atoms with Gasteiger partial charge in [0, 0.05) is 4.88 Å². The van der Waals surface area contributed by atoms with Gasteiger partial charge in [0.05, 0.1) is 5.69 Å². The predicted octanol–water partition coefficient (Wildman–Crippen LogP) is 3.04. The van der Waals surface area contributed by atoms with E-state index in [2.05, 4.69) is 15.4 Å². The predicted molar refractivity (Wildman–Crippen MR) is 90.4 cm³/mol. The van der Waals surface area contributed by atoms with Crippen LogP contribution in [0.1, 0.15) is 21.7 Å². The minimum atomic E-state index is -0.282. The number of ether oxygens (including phenoxy) is 1. The van der Waals surface area contributed by atoms with Crippen LogP contribution in [0.4, 0.5) is 5.95 Å². The molecule has 120 valence electrons. The lowest BCUT2D eigenvalue weighted by molar-refractivity contribution is -0.118. The first-order valence-corrected chi connectivity index (χ1v) is 8.08. The van der Waals surface area contributed by atoms with Crippen molar-refractivity contribution in [3.63, 3.8) is 0 Å². The quantitative estimate of drug-likeness (QED) is 0.798. The number of hydrogen-bond acceptors (Lipinski definition) is 5. The summed E-state index contributed by atoms with van der Waals surface area (Å²) >= 11 is 1.55. The summed E-state index contributed by atoms with van der Waals surface area (Å²) in [4.78, 5) is 18.2. The fraction of sp³-hybridized carbons (Fsp3) is 0.312. The van der Waals surface area contributed by atoms with Gasteiger partial charge in [0.2, 0.25) is 4.96 Å². The molecule has 3 rings (SSSR count). The van der Waals surface area contributed by atoms with Crippen molar-refractivity contribution in [2.45, 2.75) is 27.7 Å². The van der Waals surface area contributed by atoms with E-state index in [1.54, 1.807) is 15.9 Å². The second-order valence-electron chi connectivity index (χ2n) is 5.46. The van der Waals surface area contributed by atoms with Crippen LogP contribution in [0.2, 0.25) is 0 Å². The number of rotatable bonds is 4. The van der Waals surface area contributed by atoms with E-state index in [4.69, 9.17) is 4.74 Å². The molecule has 0 bridgehead atoms. The number of thiazole rings is 1. The van der Waals surface area contributed by atoms with Crippen LogP contribution in [0, 0.1) is 27.7 Å². The van der Waals surface area contributed by atoms with Crippen molar-refractivity contribution in [2.24, 2.45) is 0 Å². The van der Waals surface area contributed by atoms with E-state index < -0.39 is 0 Å². The van der Waals surface area contributed by atoms with Gasteiger partial charge in [-0.15, -0.1) is 5.10 Å². The van der Waals surface area contributed by atoms with Crippen LogP contribution in [-0.2, 0) is 4.79 Å². The van der Waals surface area contributed by atoms with Gasteiger partial charge in [0.1, 0.15) is 5.75 Å². The van der Waals surface area contributed by atoms with Gasteiger partial charge >= 0.3 is 0 Å². The van der Waals surface area contributed by atoms with E-state index in [0.717, 1.165) is 21.1 Å². The Morgan fingerprint density at radius 3 is 2.74 bits per heavy atom. The highest BCUT2D eigenvalue weighted by atomic mass is 32.1. The summed E-state index contributed by atoms with van der Waals surface area (Å²) in [6, 6.07) is 5.74. The number of nitrogens with zero attached hydrogens (tertiary/aromatic N) is 3. The molecule has 0 fully saturated rings. The molecule has 3 aromatic rings. The number of amides is 1. The molecule has 2 heterocycles. The monoisotopic (exact) mass is 330 g/mol. The molecule has 6 nitrogen and oxygen atoms in total. The Morgan fingerprint density at radius 2 is 2.04 bits per heavy atom. The number of aryl methyl sites for hydroxylation is 4. The van der Waals surface area contributed by atoms with Gasteiger partial charge in [-0.3, -0.25) is 10.1 Å². The molecule has 7 heteroatoms. The first-order valence-electron chi connectivity index (χ1n) is 7.26. The minimum absolute atomic E-state index is 0.0760. The number of aromatic nitrogens is 3. The Morgan fingerprint density at radius 1 is 1.26 bits per heavy atom. The van der Waals surface area contributed by atoms with Gasteiger partial charge in [0.15, 0.2) is 6.61 Å². The normalized spacial score (nSPS) is 11.0. The number of carbonyl (C=O) groups excluding carboxylic acids is 1. The number of hydrogen-bond donors (Lipinski definition) is 1. The maximum absolute atomic E-state index is 12.0. The van der Waals surface area contributed by atoms with Crippen molar-refractivity contribution in [1.29, 1.82) is 0 Å². The van der Waals surface area contributed by atoms with Gasteiger partial charge in [-0.05, 0) is 51.0 Å². The van der Waals surface area contributed by atoms with Crippen LogP contribution < -0.4 is 10.1 Å². The largest absolute Gasteiger partial charge is 0.484 e. The van der Waals surface area contributed by atoms with E-state index in [0.29, 0.717) is 11.7 Å². The second-order valence-corrected chi connectivity index (χ2v) is 6.64. The maximum Gasteiger partial charge on any atom is 0.264 e. The first-order chi connectivity index (χ1) is 10.9. The van der Waals surface area contributed by atoms with Crippen LogP contribution in [0.15, 0.2) is 18.2 Å². The van der Waals surface area contributed by atoms with E-state index >= 15 is 0 Å². The third-order valence-electron chi connectivity index (χ3n) is 3.75. The van der Waals surface area contributed by atoms with Crippen LogP contribution in [0.3, 0.4) is 0 Å². The molecule has 23 heavy (non-hydrogen) atoms. The zero-order valence-corrected chi connectivity index (χ0v) is 14.3. The van der Waals surface area contributed by atoms with Gasteiger partial charge in [0.25, 0.3) is 11.9 Å². The topological polar surface area (TPSA) is 68.5 Å². The molecule has 2 aromatic heterocycles. The standard InChI is InChI=1S/C16H18N4O2S/c1-9-5-6-13(7-10(9)2)22-8-14(21)17-15-18-16-20(19-15)11(3)12(4)23-16/h5-7H,8H2,1-4H3,(H,17,19,21). The van der Waals surface area contributed by atoms with Crippen molar-refractivity contribution in [2.75, 3.05) is 11.9 Å². The smallest absolute Gasteiger partial charge is 0.264 e. The molecule has 1 N–H and O–H groups in total. The second kappa shape index (κ2) is 6.00. The van der Waals surface area contributed by atoms with Gasteiger partial charge in [-0.2, -0.15) is 4.98 Å². The average Bonchev–Trinajstić information content (AvgIpc) is 3.00. The Balaban J connectivity index is 1.62. The summed E-state index contributed by atoms with van der Waals surface area (Å²) < 4.78 is 7.24. The summed E-state index contributed by atoms with van der Waals surface area (Å²) in [5.74, 6) is 0.692. The van der Waals surface area contributed by atoms with Crippen LogP contribution in [0.25, 0.3) is 4.96 Å². The van der Waals surface area contributed by atoms with Crippen molar-refractivity contribution < 1.29 is 9.53 Å². The van der Waals surface area contributed by atoms with E-state index in [-0.39, 0.29) is 12.5 Å². The summed E-state index contributed by atoms with van der Waals surface area (Å²) in [5.41, 5.74) is 3.35. The molecule has 0 saturated heterocycles. The minimum Gasteiger partial charge on any atom is -0.484 e. The SMILES string of the molecule is Cc1ccc(OCC(=O)Nc2nc3sc(C)c(C)n3n2)cc1C. The molecule has 1 aromatic carbocycles. The van der Waals surface area contributed by atoms with E-state index in [1.807, 2.05) is 45.9 Å². The molecule has 0 saturated carbocycles. The molecule has 1 amide bonds. The number of carbonyl (C=O) groups is 1. The molecule has 0 unspecified atom stereocenters. The van der Waals surface area contributed by atoms with Crippen LogP contribution >= 0.6 is 11.3 Å². The molecule has 0 atom stereocenters. The number of fused-ring (bicyclic) bond motifs is 1. The number of benzene rings is 1. The molecule has 0 aliphatic carbocycles. The van der Waals surface area contributed by atoms with Crippen LogP contribution in [-0.4, -0.2) is 27.1 Å². The van der Waals surface area contributed by atoms with Gasteiger partial charge < -0.3 is 4.74 Å². The molecule has 0 aliphatic heterocycles. The summed E-state index contributed by atoms with van der Waals surface area (Å²) in [7, 11) is 0. The summed E-state index contributed by atoms with van der Waals surface area (Å²) in [6.45, 7) is 7.96. The number of anilines is 1. The molecular weight excluding hydrogens is 312 g/mol. The van der Waals surface area contributed by atoms with E-state index in [1.165, 1.54) is 5.56 Å². The van der Waals surface area contributed by atoms with Crippen molar-refractivity contribution in [3.8, 4) is 5.75 Å². The highest BCUT2D eigenvalue weighted by Gasteiger charge is 2.13. The van der Waals surface area contributed by atoms with Crippen molar-refractivity contribution in [1.82, 2.24) is 14.6 Å². The molecule has 0 spiro atoms. The maximum atomic E-state index is 12.0. The van der Waals surface area contributed by atoms with Crippen molar-refractivity contribution in [3.05, 3.63) is 39.9 Å². The van der Waals surface area contributed by atoms with Gasteiger partial charge in [-0.1, -0.05) is 17.4 Å². The fourth-order valence-corrected chi connectivity index (χ4v) is 3.01. The Bertz CT molecular complexity index is 882. The number of nitrogens with one attached hydrogen (secondary N) is 1. The highest BCUT2D eigenvalue weighted by molar-refractivity contribution is 7.17. The molecular formula is C16H18N4O2S. The zero-order valence-electron chi connectivity index (χ0n) is 13.5. The lowest BCUT2D eigenvalue weighted by Crippen LogP contribution is -2.21. The average molecular weight is 330 g/mol. The first kappa shape index (κ1) is 15.5. The fourth-order valence-electron chi connectivity index (χ4n) is 2.11. The lowest BCUT2D eigenvalue weighted by Gasteiger charge is -2.07. The third-order valence-corrected chi connectivity index (χ3v) is 4.80. The van der Waals surface area contributed by atoms with E-state index in [9.17, 15) is 4.79 Å². The third kappa shape index (κ3) is 3.19. The Labute approximate surface area is 138 Å². The Kier molecular flexibility index (Phi) is 4.04. The van der Waals surface area contributed by atoms with Gasteiger partial charge in [-0.25, -0.2) is 4.52 Å². The summed E-state index contributed by atoms with van der Waals surface area (Å²) in [6.07, 6.45) is 0. The molecule has 0 aliphatic rings.